The SMILES string of the molecule is CCc1ccc(C(=O)NC2(CN)CCCC2)cc1. The van der Waals surface area contributed by atoms with E-state index in [4.69, 9.17) is 5.73 Å². The summed E-state index contributed by atoms with van der Waals surface area (Å²) in [6, 6.07) is 7.82. The van der Waals surface area contributed by atoms with Crippen LogP contribution in [0.5, 0.6) is 0 Å². The van der Waals surface area contributed by atoms with E-state index >= 15 is 0 Å². The van der Waals surface area contributed by atoms with Gasteiger partial charge in [-0.2, -0.15) is 0 Å². The molecule has 0 radical (unpaired) electrons. The van der Waals surface area contributed by atoms with E-state index in [9.17, 15) is 4.79 Å². The minimum absolute atomic E-state index is 0.00463. The quantitative estimate of drug-likeness (QED) is 0.856. The molecule has 0 atom stereocenters. The number of carbonyl (C=O) groups excluding carboxylic acids is 1. The first-order valence-corrected chi connectivity index (χ1v) is 6.81. The van der Waals surface area contributed by atoms with Crippen molar-refractivity contribution < 1.29 is 4.79 Å². The van der Waals surface area contributed by atoms with Crippen molar-refractivity contribution in [2.45, 2.75) is 44.6 Å². The third kappa shape index (κ3) is 2.72. The van der Waals surface area contributed by atoms with Gasteiger partial charge in [-0.05, 0) is 37.0 Å². The van der Waals surface area contributed by atoms with E-state index in [0.717, 1.165) is 37.7 Å². The molecule has 1 aromatic rings. The molecular formula is C15H22N2O. The second-order valence-electron chi connectivity index (χ2n) is 5.20. The number of rotatable bonds is 4. The van der Waals surface area contributed by atoms with Crippen molar-refractivity contribution in [3.63, 3.8) is 0 Å². The van der Waals surface area contributed by atoms with Crippen molar-refractivity contribution in [2.75, 3.05) is 6.54 Å². The van der Waals surface area contributed by atoms with E-state index in [-0.39, 0.29) is 11.4 Å². The molecule has 2 rings (SSSR count). The summed E-state index contributed by atoms with van der Waals surface area (Å²) in [5.74, 6) is 0.00463. The highest BCUT2D eigenvalue weighted by Gasteiger charge is 2.33. The van der Waals surface area contributed by atoms with Crippen LogP contribution in [0, 0.1) is 0 Å². The lowest BCUT2D eigenvalue weighted by Gasteiger charge is -2.28. The Bertz CT molecular complexity index is 405. The molecule has 0 aliphatic heterocycles. The number of nitrogens with two attached hydrogens (primary N) is 1. The number of carbonyl (C=O) groups is 1. The van der Waals surface area contributed by atoms with Gasteiger partial charge in [0, 0.05) is 12.1 Å². The average Bonchev–Trinajstić information content (AvgIpc) is 2.88. The highest BCUT2D eigenvalue weighted by atomic mass is 16.1. The standard InChI is InChI=1S/C15H22N2O/c1-2-12-5-7-13(8-6-12)14(18)17-15(11-16)9-3-4-10-15/h5-8H,2-4,9-11,16H2,1H3,(H,17,18). The smallest absolute Gasteiger partial charge is 0.251 e. The highest BCUT2D eigenvalue weighted by Crippen LogP contribution is 2.28. The average molecular weight is 246 g/mol. The van der Waals surface area contributed by atoms with Crippen LogP contribution >= 0.6 is 0 Å². The Morgan fingerprint density at radius 1 is 1.28 bits per heavy atom. The zero-order chi connectivity index (χ0) is 13.0. The molecule has 1 aliphatic rings. The largest absolute Gasteiger partial charge is 0.345 e. The predicted octanol–water partition coefficient (Wildman–Crippen LogP) is 2.25. The van der Waals surface area contributed by atoms with Crippen LogP contribution in [0.3, 0.4) is 0 Å². The van der Waals surface area contributed by atoms with Gasteiger partial charge < -0.3 is 11.1 Å². The second kappa shape index (κ2) is 5.53. The summed E-state index contributed by atoms with van der Waals surface area (Å²) >= 11 is 0. The van der Waals surface area contributed by atoms with Crippen LogP contribution in [0.15, 0.2) is 24.3 Å². The first kappa shape index (κ1) is 13.1. The third-order valence-corrected chi connectivity index (χ3v) is 3.95. The van der Waals surface area contributed by atoms with Gasteiger partial charge in [-0.1, -0.05) is 31.9 Å². The van der Waals surface area contributed by atoms with Gasteiger partial charge in [0.25, 0.3) is 5.91 Å². The van der Waals surface area contributed by atoms with Gasteiger partial charge in [0.1, 0.15) is 0 Å². The zero-order valence-electron chi connectivity index (χ0n) is 11.0. The summed E-state index contributed by atoms with van der Waals surface area (Å²) in [4.78, 5) is 12.2. The highest BCUT2D eigenvalue weighted by molar-refractivity contribution is 5.94. The molecule has 1 fully saturated rings. The molecular weight excluding hydrogens is 224 g/mol. The first-order valence-electron chi connectivity index (χ1n) is 6.81. The molecule has 98 valence electrons. The number of benzene rings is 1. The minimum Gasteiger partial charge on any atom is -0.345 e. The van der Waals surface area contributed by atoms with Crippen molar-refractivity contribution >= 4 is 5.91 Å². The molecule has 3 N–H and O–H groups in total. The van der Waals surface area contributed by atoms with Gasteiger partial charge in [-0.25, -0.2) is 0 Å². The van der Waals surface area contributed by atoms with Gasteiger partial charge in [-0.3, -0.25) is 4.79 Å². The van der Waals surface area contributed by atoms with Crippen LogP contribution in [-0.2, 0) is 6.42 Å². The fraction of sp³-hybridized carbons (Fsp3) is 0.533. The van der Waals surface area contributed by atoms with Gasteiger partial charge in [0.05, 0.1) is 5.54 Å². The topological polar surface area (TPSA) is 55.1 Å². The van der Waals surface area contributed by atoms with Crippen molar-refractivity contribution in [1.29, 1.82) is 0 Å². The number of hydrogen-bond donors (Lipinski definition) is 2. The lowest BCUT2D eigenvalue weighted by atomic mass is 9.97. The number of nitrogens with one attached hydrogen (secondary N) is 1. The van der Waals surface area contributed by atoms with Gasteiger partial charge in [-0.15, -0.1) is 0 Å². The van der Waals surface area contributed by atoms with Crippen LogP contribution in [0.4, 0.5) is 0 Å². The van der Waals surface area contributed by atoms with Crippen molar-refractivity contribution in [3.8, 4) is 0 Å². The molecule has 1 aromatic carbocycles. The van der Waals surface area contributed by atoms with E-state index in [1.165, 1.54) is 5.56 Å². The fourth-order valence-corrected chi connectivity index (χ4v) is 2.64. The molecule has 0 aromatic heterocycles. The summed E-state index contributed by atoms with van der Waals surface area (Å²) in [7, 11) is 0. The Morgan fingerprint density at radius 3 is 2.39 bits per heavy atom. The van der Waals surface area contributed by atoms with E-state index in [1.54, 1.807) is 0 Å². The van der Waals surface area contributed by atoms with Gasteiger partial charge >= 0.3 is 0 Å². The zero-order valence-corrected chi connectivity index (χ0v) is 11.0. The number of hydrogen-bond acceptors (Lipinski definition) is 2. The number of amides is 1. The lowest BCUT2D eigenvalue weighted by Crippen LogP contribution is -2.51. The van der Waals surface area contributed by atoms with E-state index in [1.807, 2.05) is 24.3 Å². The van der Waals surface area contributed by atoms with Crippen LogP contribution < -0.4 is 11.1 Å². The van der Waals surface area contributed by atoms with Crippen LogP contribution in [0.25, 0.3) is 0 Å². The van der Waals surface area contributed by atoms with E-state index < -0.39 is 0 Å². The summed E-state index contributed by atoms with van der Waals surface area (Å²) in [6.45, 7) is 2.64. The van der Waals surface area contributed by atoms with Gasteiger partial charge in [0.2, 0.25) is 0 Å². The molecule has 0 unspecified atom stereocenters. The minimum atomic E-state index is -0.166. The summed E-state index contributed by atoms with van der Waals surface area (Å²) in [5, 5.41) is 3.13. The maximum Gasteiger partial charge on any atom is 0.251 e. The molecule has 0 bridgehead atoms. The lowest BCUT2D eigenvalue weighted by molar-refractivity contribution is 0.0903. The normalized spacial score (nSPS) is 17.7. The second-order valence-corrected chi connectivity index (χ2v) is 5.20. The molecule has 1 saturated carbocycles. The maximum absolute atomic E-state index is 12.2. The van der Waals surface area contributed by atoms with Crippen LogP contribution in [0.1, 0.15) is 48.5 Å². The monoisotopic (exact) mass is 246 g/mol. The van der Waals surface area contributed by atoms with Crippen molar-refractivity contribution in [3.05, 3.63) is 35.4 Å². The summed E-state index contributed by atoms with van der Waals surface area (Å²) < 4.78 is 0. The first-order chi connectivity index (χ1) is 8.69. The van der Waals surface area contributed by atoms with Crippen LogP contribution in [0.2, 0.25) is 0 Å². The maximum atomic E-state index is 12.2. The molecule has 3 heteroatoms. The molecule has 3 nitrogen and oxygen atoms in total. The molecule has 18 heavy (non-hydrogen) atoms. The predicted molar refractivity (Wildman–Crippen MR) is 73.5 cm³/mol. The number of aryl methyl sites for hydroxylation is 1. The Hall–Kier alpha value is -1.35. The molecule has 0 heterocycles. The van der Waals surface area contributed by atoms with Crippen LogP contribution in [-0.4, -0.2) is 18.0 Å². The molecule has 0 saturated heterocycles. The van der Waals surface area contributed by atoms with E-state index in [0.29, 0.717) is 6.54 Å². The Labute approximate surface area is 109 Å². The summed E-state index contributed by atoms with van der Waals surface area (Å²) in [6.07, 6.45) is 5.32. The van der Waals surface area contributed by atoms with Crippen molar-refractivity contribution in [1.82, 2.24) is 5.32 Å². The van der Waals surface area contributed by atoms with Gasteiger partial charge in [0.15, 0.2) is 0 Å². The summed E-state index contributed by atoms with van der Waals surface area (Å²) in [5.41, 5.74) is 7.64. The van der Waals surface area contributed by atoms with Crippen molar-refractivity contribution in [2.24, 2.45) is 5.73 Å². The molecule has 0 spiro atoms. The van der Waals surface area contributed by atoms with E-state index in [2.05, 4.69) is 12.2 Å². The fourth-order valence-electron chi connectivity index (χ4n) is 2.64. The Morgan fingerprint density at radius 2 is 1.89 bits per heavy atom. The third-order valence-electron chi connectivity index (χ3n) is 3.95. The Kier molecular flexibility index (Phi) is 4.02. The Balaban J connectivity index is 2.06. The molecule has 1 amide bonds. The molecule has 1 aliphatic carbocycles.